The van der Waals surface area contributed by atoms with E-state index in [9.17, 15) is 4.79 Å². The molecule has 0 spiro atoms. The molecule has 4 nitrogen and oxygen atoms in total. The second-order valence-corrected chi connectivity index (χ2v) is 4.22. The number of nitrogens with one attached hydrogen (secondary N) is 1. The molecule has 0 aromatic heterocycles. The average molecular weight is 199 g/mol. The van der Waals surface area contributed by atoms with Gasteiger partial charge in [-0.05, 0) is 38.3 Å². The van der Waals surface area contributed by atoms with Gasteiger partial charge in [-0.15, -0.1) is 0 Å². The van der Waals surface area contributed by atoms with Crippen molar-refractivity contribution in [3.05, 3.63) is 0 Å². The molecule has 1 atom stereocenters. The number of hydrogen-bond donors (Lipinski definition) is 2. The van der Waals surface area contributed by atoms with Crippen LogP contribution in [0.5, 0.6) is 0 Å². The Balaban J connectivity index is 2.08. The van der Waals surface area contributed by atoms with Crippen molar-refractivity contribution in [1.29, 1.82) is 0 Å². The van der Waals surface area contributed by atoms with Crippen molar-refractivity contribution in [1.82, 2.24) is 10.3 Å². The smallest absolute Gasteiger partial charge is 0.233 e. The van der Waals surface area contributed by atoms with Gasteiger partial charge in [-0.3, -0.25) is 10.2 Å². The molecule has 0 radical (unpaired) electrons. The Morgan fingerprint density at radius 3 is 3.07 bits per heavy atom. The minimum absolute atomic E-state index is 0.0601. The second-order valence-electron chi connectivity index (χ2n) is 4.22. The number of hydrazine groups is 1. The standard InChI is InChI=1S/C10H21N3O/c1-9-4-2-6-13(8-9)7-3-5-10(14)12-11/h9H,2-8,11H2,1H3,(H,12,14)/t9-/m1/s1. The number of likely N-dealkylation sites (tertiary alicyclic amines) is 1. The highest BCUT2D eigenvalue weighted by Gasteiger charge is 2.15. The Kier molecular flexibility index (Phi) is 4.90. The lowest BCUT2D eigenvalue weighted by Gasteiger charge is -2.30. The van der Waals surface area contributed by atoms with Gasteiger partial charge in [0.2, 0.25) is 5.91 Å². The third-order valence-electron chi connectivity index (χ3n) is 2.78. The van der Waals surface area contributed by atoms with E-state index in [4.69, 9.17) is 5.84 Å². The van der Waals surface area contributed by atoms with Crippen LogP contribution in [0.25, 0.3) is 0 Å². The lowest BCUT2D eigenvalue weighted by Crippen LogP contribution is -2.36. The van der Waals surface area contributed by atoms with Crippen LogP contribution in [0.3, 0.4) is 0 Å². The first-order valence-electron chi connectivity index (χ1n) is 5.44. The Hall–Kier alpha value is -0.610. The molecule has 0 unspecified atom stereocenters. The fraction of sp³-hybridized carbons (Fsp3) is 0.900. The minimum atomic E-state index is -0.0601. The summed E-state index contributed by atoms with van der Waals surface area (Å²) in [6.07, 6.45) is 4.10. The quantitative estimate of drug-likeness (QED) is 0.393. The summed E-state index contributed by atoms with van der Waals surface area (Å²) in [6.45, 7) is 5.69. The van der Waals surface area contributed by atoms with Crippen LogP contribution in [0, 0.1) is 5.92 Å². The lowest BCUT2D eigenvalue weighted by molar-refractivity contribution is -0.121. The second kappa shape index (κ2) is 5.98. The van der Waals surface area contributed by atoms with Crippen LogP contribution in [0.15, 0.2) is 0 Å². The van der Waals surface area contributed by atoms with Crippen LogP contribution < -0.4 is 11.3 Å². The number of carbonyl (C=O) groups is 1. The van der Waals surface area contributed by atoms with Gasteiger partial charge in [0.05, 0.1) is 0 Å². The third-order valence-corrected chi connectivity index (χ3v) is 2.78. The third kappa shape index (κ3) is 4.07. The zero-order chi connectivity index (χ0) is 10.4. The van der Waals surface area contributed by atoms with Gasteiger partial charge in [0.15, 0.2) is 0 Å². The van der Waals surface area contributed by atoms with E-state index in [1.165, 1.54) is 25.9 Å². The van der Waals surface area contributed by atoms with E-state index in [-0.39, 0.29) is 5.91 Å². The van der Waals surface area contributed by atoms with Crippen molar-refractivity contribution >= 4 is 5.91 Å². The van der Waals surface area contributed by atoms with Crippen LogP contribution in [0.2, 0.25) is 0 Å². The molecule has 1 rings (SSSR count). The largest absolute Gasteiger partial charge is 0.303 e. The monoisotopic (exact) mass is 199 g/mol. The normalized spacial score (nSPS) is 23.4. The van der Waals surface area contributed by atoms with E-state index >= 15 is 0 Å². The highest BCUT2D eigenvalue weighted by Crippen LogP contribution is 2.15. The van der Waals surface area contributed by atoms with Crippen molar-refractivity contribution in [3.8, 4) is 0 Å². The van der Waals surface area contributed by atoms with Gasteiger partial charge in [-0.2, -0.15) is 0 Å². The molecular formula is C10H21N3O. The van der Waals surface area contributed by atoms with E-state index in [2.05, 4.69) is 17.2 Å². The molecule has 3 N–H and O–H groups in total. The van der Waals surface area contributed by atoms with Crippen molar-refractivity contribution in [3.63, 3.8) is 0 Å². The molecule has 1 fully saturated rings. The van der Waals surface area contributed by atoms with Gasteiger partial charge >= 0.3 is 0 Å². The maximum Gasteiger partial charge on any atom is 0.233 e. The van der Waals surface area contributed by atoms with Gasteiger partial charge in [0.25, 0.3) is 0 Å². The van der Waals surface area contributed by atoms with E-state index in [1.54, 1.807) is 0 Å². The molecule has 1 saturated heterocycles. The van der Waals surface area contributed by atoms with Crippen LogP contribution in [0.4, 0.5) is 0 Å². The summed E-state index contributed by atoms with van der Waals surface area (Å²) in [7, 11) is 0. The summed E-state index contributed by atoms with van der Waals surface area (Å²) in [6, 6.07) is 0. The molecule has 82 valence electrons. The summed E-state index contributed by atoms with van der Waals surface area (Å²) in [4.78, 5) is 13.3. The Morgan fingerprint density at radius 2 is 2.43 bits per heavy atom. The lowest BCUT2D eigenvalue weighted by atomic mass is 10.0. The predicted octanol–water partition coefficient (Wildman–Crippen LogP) is 0.488. The highest BCUT2D eigenvalue weighted by molar-refractivity contribution is 5.75. The van der Waals surface area contributed by atoms with Crippen LogP contribution in [-0.2, 0) is 4.79 Å². The number of hydrogen-bond acceptors (Lipinski definition) is 3. The van der Waals surface area contributed by atoms with Crippen molar-refractivity contribution in [2.75, 3.05) is 19.6 Å². The molecule has 0 aromatic rings. The maximum absolute atomic E-state index is 10.9. The molecule has 1 aliphatic rings. The summed E-state index contributed by atoms with van der Waals surface area (Å²) >= 11 is 0. The fourth-order valence-corrected chi connectivity index (χ4v) is 2.03. The van der Waals surface area contributed by atoms with Crippen LogP contribution in [0.1, 0.15) is 32.6 Å². The molecule has 1 heterocycles. The summed E-state index contributed by atoms with van der Waals surface area (Å²) in [5, 5.41) is 0. The molecule has 0 saturated carbocycles. The molecule has 1 aliphatic heterocycles. The van der Waals surface area contributed by atoms with E-state index < -0.39 is 0 Å². The molecule has 0 bridgehead atoms. The minimum Gasteiger partial charge on any atom is -0.303 e. The Morgan fingerprint density at radius 1 is 1.64 bits per heavy atom. The first-order chi connectivity index (χ1) is 6.72. The number of nitrogens with two attached hydrogens (primary N) is 1. The Labute approximate surface area is 85.8 Å². The molecular weight excluding hydrogens is 178 g/mol. The average Bonchev–Trinajstić information content (AvgIpc) is 2.17. The summed E-state index contributed by atoms with van der Waals surface area (Å²) < 4.78 is 0. The van der Waals surface area contributed by atoms with Crippen LogP contribution >= 0.6 is 0 Å². The predicted molar refractivity (Wildman–Crippen MR) is 56.4 cm³/mol. The van der Waals surface area contributed by atoms with Crippen molar-refractivity contribution in [2.24, 2.45) is 11.8 Å². The number of rotatable bonds is 4. The maximum atomic E-state index is 10.9. The number of carbonyl (C=O) groups excluding carboxylic acids is 1. The first kappa shape index (κ1) is 11.5. The van der Waals surface area contributed by atoms with Gasteiger partial charge in [-0.25, -0.2) is 5.84 Å². The van der Waals surface area contributed by atoms with Crippen molar-refractivity contribution < 1.29 is 4.79 Å². The number of nitrogens with zero attached hydrogens (tertiary/aromatic N) is 1. The molecule has 1 amide bonds. The van der Waals surface area contributed by atoms with Crippen molar-refractivity contribution in [2.45, 2.75) is 32.6 Å². The molecule has 0 aromatic carbocycles. The van der Waals surface area contributed by atoms with E-state index in [0.717, 1.165) is 18.9 Å². The van der Waals surface area contributed by atoms with Gasteiger partial charge in [0, 0.05) is 13.0 Å². The number of piperidine rings is 1. The van der Waals surface area contributed by atoms with Gasteiger partial charge in [0.1, 0.15) is 0 Å². The topological polar surface area (TPSA) is 58.4 Å². The van der Waals surface area contributed by atoms with E-state index in [1.807, 2.05) is 0 Å². The summed E-state index contributed by atoms with van der Waals surface area (Å²) in [5.74, 6) is 5.75. The summed E-state index contributed by atoms with van der Waals surface area (Å²) in [5.41, 5.74) is 2.15. The van der Waals surface area contributed by atoms with Gasteiger partial charge < -0.3 is 4.90 Å². The fourth-order valence-electron chi connectivity index (χ4n) is 2.03. The molecule has 4 heteroatoms. The highest BCUT2D eigenvalue weighted by atomic mass is 16.2. The van der Waals surface area contributed by atoms with Gasteiger partial charge in [-0.1, -0.05) is 6.92 Å². The molecule has 14 heavy (non-hydrogen) atoms. The van der Waals surface area contributed by atoms with Crippen LogP contribution in [-0.4, -0.2) is 30.4 Å². The molecule has 0 aliphatic carbocycles. The first-order valence-corrected chi connectivity index (χ1v) is 5.44. The zero-order valence-electron chi connectivity index (χ0n) is 8.96. The SMILES string of the molecule is C[C@@H]1CCCN(CCCC(=O)NN)C1. The van der Waals surface area contributed by atoms with E-state index in [0.29, 0.717) is 6.42 Å². The Bertz CT molecular complexity index is 184. The zero-order valence-corrected chi connectivity index (χ0v) is 8.96. The number of amides is 1.